The van der Waals surface area contributed by atoms with Gasteiger partial charge >= 0.3 is 0 Å². The molecule has 10 heteroatoms. The molecule has 1 aromatic heterocycles. The molecule has 1 N–H and O–H groups in total. The van der Waals surface area contributed by atoms with Crippen LogP contribution in [0.15, 0.2) is 58.2 Å². The van der Waals surface area contributed by atoms with E-state index in [0.29, 0.717) is 18.1 Å². The van der Waals surface area contributed by atoms with Gasteiger partial charge in [-0.15, -0.1) is 10.2 Å². The average Bonchev–Trinajstić information content (AvgIpc) is 3.15. The summed E-state index contributed by atoms with van der Waals surface area (Å²) in [6.07, 6.45) is 0.493. The Hall–Kier alpha value is -3.40. The maximum absolute atomic E-state index is 12.5. The SMILES string of the molecule is COc1ccc(NC(=O)[C@@H](C)Sc2nnc(Cc3ccccc3)o2)c([N+](=O)[O-])c1. The van der Waals surface area contributed by atoms with Crippen molar-refractivity contribution in [1.82, 2.24) is 10.2 Å². The van der Waals surface area contributed by atoms with Gasteiger partial charge in [-0.2, -0.15) is 0 Å². The lowest BCUT2D eigenvalue weighted by Crippen LogP contribution is -2.22. The van der Waals surface area contributed by atoms with Gasteiger partial charge in [-0.25, -0.2) is 0 Å². The molecule has 2 aromatic carbocycles. The Morgan fingerprint density at radius 1 is 1.28 bits per heavy atom. The van der Waals surface area contributed by atoms with Crippen molar-refractivity contribution in [3.63, 3.8) is 0 Å². The third kappa shape index (κ3) is 5.32. The van der Waals surface area contributed by atoms with E-state index in [0.717, 1.165) is 17.3 Å². The fourth-order valence-electron chi connectivity index (χ4n) is 2.46. The minimum absolute atomic E-state index is 0.0866. The Kier molecular flexibility index (Phi) is 6.45. The molecule has 0 aliphatic heterocycles. The van der Waals surface area contributed by atoms with Gasteiger partial charge in [-0.3, -0.25) is 14.9 Å². The normalized spacial score (nSPS) is 11.7. The summed E-state index contributed by atoms with van der Waals surface area (Å²) in [4.78, 5) is 23.1. The lowest BCUT2D eigenvalue weighted by atomic mass is 10.2. The predicted octanol–water partition coefficient (Wildman–Crippen LogP) is 3.70. The molecule has 0 saturated carbocycles. The second-order valence-corrected chi connectivity index (χ2v) is 7.31. The number of nitro benzene ring substituents is 1. The number of carbonyl (C=O) groups is 1. The molecular weight excluding hydrogens is 396 g/mol. The lowest BCUT2D eigenvalue weighted by Gasteiger charge is -2.11. The first-order valence-electron chi connectivity index (χ1n) is 8.62. The maximum atomic E-state index is 12.5. The third-order valence-corrected chi connectivity index (χ3v) is 4.89. The first-order valence-corrected chi connectivity index (χ1v) is 9.50. The summed E-state index contributed by atoms with van der Waals surface area (Å²) in [5.41, 5.74) is 0.867. The Morgan fingerprint density at radius 2 is 2.03 bits per heavy atom. The van der Waals surface area contributed by atoms with Gasteiger partial charge < -0.3 is 14.5 Å². The van der Waals surface area contributed by atoms with Crippen molar-refractivity contribution >= 4 is 29.0 Å². The van der Waals surface area contributed by atoms with Crippen LogP contribution in [-0.4, -0.2) is 33.4 Å². The van der Waals surface area contributed by atoms with Crippen LogP contribution in [0.4, 0.5) is 11.4 Å². The second kappa shape index (κ2) is 9.20. The van der Waals surface area contributed by atoms with Gasteiger partial charge in [0, 0.05) is 0 Å². The van der Waals surface area contributed by atoms with Crippen molar-refractivity contribution in [3.05, 3.63) is 70.1 Å². The summed E-state index contributed by atoms with van der Waals surface area (Å²) in [6, 6.07) is 13.9. The average molecular weight is 414 g/mol. The number of nitrogens with one attached hydrogen (secondary N) is 1. The minimum atomic E-state index is -0.610. The Morgan fingerprint density at radius 3 is 2.72 bits per heavy atom. The molecule has 29 heavy (non-hydrogen) atoms. The number of aromatic nitrogens is 2. The predicted molar refractivity (Wildman–Crippen MR) is 107 cm³/mol. The van der Waals surface area contributed by atoms with E-state index >= 15 is 0 Å². The lowest BCUT2D eigenvalue weighted by molar-refractivity contribution is -0.384. The molecule has 0 bridgehead atoms. The number of hydrogen-bond donors (Lipinski definition) is 1. The molecule has 0 aliphatic carbocycles. The summed E-state index contributed by atoms with van der Waals surface area (Å²) < 4.78 is 10.6. The molecule has 1 heterocycles. The van der Waals surface area contributed by atoms with Crippen molar-refractivity contribution in [1.29, 1.82) is 0 Å². The second-order valence-electron chi connectivity index (χ2n) is 6.01. The Labute approximate surface area is 170 Å². The van der Waals surface area contributed by atoms with E-state index in [-0.39, 0.29) is 16.6 Å². The van der Waals surface area contributed by atoms with Crippen LogP contribution in [-0.2, 0) is 11.2 Å². The van der Waals surface area contributed by atoms with Crippen LogP contribution in [0, 0.1) is 10.1 Å². The number of methoxy groups -OCH3 is 1. The van der Waals surface area contributed by atoms with Gasteiger partial charge in [-0.1, -0.05) is 42.1 Å². The van der Waals surface area contributed by atoms with Gasteiger partial charge in [0.05, 0.1) is 29.8 Å². The highest BCUT2D eigenvalue weighted by Crippen LogP contribution is 2.30. The number of anilines is 1. The van der Waals surface area contributed by atoms with Crippen LogP contribution >= 0.6 is 11.8 Å². The van der Waals surface area contributed by atoms with Crippen LogP contribution < -0.4 is 10.1 Å². The number of ether oxygens (including phenoxy) is 1. The topological polar surface area (TPSA) is 120 Å². The van der Waals surface area contributed by atoms with Gasteiger partial charge in [-0.05, 0) is 24.6 Å². The number of amides is 1. The molecule has 150 valence electrons. The zero-order valence-corrected chi connectivity index (χ0v) is 16.5. The summed E-state index contributed by atoms with van der Waals surface area (Å²) in [5, 5.41) is 21.4. The monoisotopic (exact) mass is 414 g/mol. The zero-order valence-electron chi connectivity index (χ0n) is 15.7. The van der Waals surface area contributed by atoms with Crippen LogP contribution in [0.2, 0.25) is 0 Å². The highest BCUT2D eigenvalue weighted by atomic mass is 32.2. The number of thioether (sulfide) groups is 1. The zero-order chi connectivity index (χ0) is 20.8. The summed E-state index contributed by atoms with van der Waals surface area (Å²) in [7, 11) is 1.41. The number of benzene rings is 2. The smallest absolute Gasteiger partial charge is 0.296 e. The third-order valence-electron chi connectivity index (χ3n) is 3.95. The molecule has 0 saturated heterocycles. The molecule has 0 spiro atoms. The highest BCUT2D eigenvalue weighted by Gasteiger charge is 2.22. The number of carbonyl (C=O) groups excluding carboxylic acids is 1. The fraction of sp³-hybridized carbons (Fsp3) is 0.211. The Balaban J connectivity index is 1.63. The van der Waals surface area contributed by atoms with E-state index in [1.807, 2.05) is 30.3 Å². The van der Waals surface area contributed by atoms with Crippen LogP contribution in [0.1, 0.15) is 18.4 Å². The molecule has 0 unspecified atom stereocenters. The van der Waals surface area contributed by atoms with Crippen molar-refractivity contribution in [3.8, 4) is 5.75 Å². The van der Waals surface area contributed by atoms with E-state index in [1.165, 1.54) is 25.3 Å². The van der Waals surface area contributed by atoms with Gasteiger partial charge in [0.25, 0.3) is 10.9 Å². The number of nitro groups is 1. The maximum Gasteiger partial charge on any atom is 0.296 e. The first kappa shape index (κ1) is 20.3. The first-order chi connectivity index (χ1) is 14.0. The number of hydrogen-bond acceptors (Lipinski definition) is 8. The molecule has 0 radical (unpaired) electrons. The van der Waals surface area contributed by atoms with E-state index in [1.54, 1.807) is 6.92 Å². The molecule has 3 rings (SSSR count). The summed E-state index contributed by atoms with van der Waals surface area (Å²) in [6.45, 7) is 1.65. The van der Waals surface area contributed by atoms with E-state index in [9.17, 15) is 14.9 Å². The highest BCUT2D eigenvalue weighted by molar-refractivity contribution is 8.00. The number of nitrogens with zero attached hydrogens (tertiary/aromatic N) is 3. The van der Waals surface area contributed by atoms with E-state index < -0.39 is 16.1 Å². The quantitative estimate of drug-likeness (QED) is 0.336. The van der Waals surface area contributed by atoms with Crippen LogP contribution in [0.3, 0.4) is 0 Å². The van der Waals surface area contributed by atoms with E-state index in [4.69, 9.17) is 9.15 Å². The molecule has 9 nitrogen and oxygen atoms in total. The molecule has 3 aromatic rings. The fourth-order valence-corrected chi connectivity index (χ4v) is 3.16. The van der Waals surface area contributed by atoms with Crippen molar-refractivity contribution in [2.24, 2.45) is 0 Å². The molecular formula is C19H18N4O5S. The minimum Gasteiger partial charge on any atom is -0.496 e. The number of rotatable bonds is 8. The van der Waals surface area contributed by atoms with Gasteiger partial charge in [0.15, 0.2) is 0 Å². The molecule has 1 amide bonds. The Bertz CT molecular complexity index is 1010. The molecule has 1 atom stereocenters. The van der Waals surface area contributed by atoms with Gasteiger partial charge in [0.2, 0.25) is 11.8 Å². The standard InChI is InChI=1S/C19H18N4O5S/c1-12(18(24)20-15-9-8-14(27-2)11-16(15)23(25)26)29-19-22-21-17(28-19)10-13-6-4-3-5-7-13/h3-9,11-12H,10H2,1-2H3,(H,20,24)/t12-/m1/s1. The largest absolute Gasteiger partial charge is 0.496 e. The molecule has 0 fully saturated rings. The van der Waals surface area contributed by atoms with Crippen LogP contribution in [0.5, 0.6) is 5.75 Å². The molecule has 0 aliphatic rings. The van der Waals surface area contributed by atoms with Crippen molar-refractivity contribution in [2.45, 2.75) is 23.8 Å². The van der Waals surface area contributed by atoms with Gasteiger partial charge in [0.1, 0.15) is 11.4 Å². The van der Waals surface area contributed by atoms with Crippen molar-refractivity contribution in [2.75, 3.05) is 12.4 Å². The van der Waals surface area contributed by atoms with E-state index in [2.05, 4.69) is 15.5 Å². The summed E-state index contributed by atoms with van der Waals surface area (Å²) in [5.74, 6) is 0.345. The van der Waals surface area contributed by atoms with Crippen LogP contribution in [0.25, 0.3) is 0 Å². The summed E-state index contributed by atoms with van der Waals surface area (Å²) >= 11 is 1.08. The van der Waals surface area contributed by atoms with Crippen molar-refractivity contribution < 1.29 is 18.9 Å².